The van der Waals surface area contributed by atoms with Gasteiger partial charge in [0.25, 0.3) is 10.1 Å². The fourth-order valence-electron chi connectivity index (χ4n) is 11.6. The van der Waals surface area contributed by atoms with Gasteiger partial charge in [-0.25, -0.2) is 4.79 Å². The van der Waals surface area contributed by atoms with Crippen LogP contribution in [0.2, 0.25) is 0 Å². The predicted octanol–water partition coefficient (Wildman–Crippen LogP) is 12.4. The number of fused-ring (bicyclic) bond motifs is 2. The lowest BCUT2D eigenvalue weighted by Crippen LogP contribution is -2.52. The Morgan fingerprint density at radius 3 is 2.35 bits per heavy atom. The number of nitrogens with zero attached hydrogens (tertiary/aromatic N) is 5. The molecule has 8 rings (SSSR count). The second kappa shape index (κ2) is 24.3. The van der Waals surface area contributed by atoms with Crippen LogP contribution in [0.1, 0.15) is 139 Å². The van der Waals surface area contributed by atoms with Gasteiger partial charge in [0.15, 0.2) is 11.1 Å². The number of allylic oxidation sites excluding steroid dienone is 1. The summed E-state index contributed by atoms with van der Waals surface area (Å²) in [5.74, 6) is 2.52. The van der Waals surface area contributed by atoms with Gasteiger partial charge >= 0.3 is 5.63 Å². The molecule has 0 radical (unpaired) electrons. The van der Waals surface area contributed by atoms with E-state index in [0.717, 1.165) is 78.9 Å². The third-order valence-corrected chi connectivity index (χ3v) is 16.9. The van der Waals surface area contributed by atoms with Crippen molar-refractivity contribution in [1.82, 2.24) is 5.32 Å². The first-order valence-electron chi connectivity index (χ1n) is 26.3. The third-order valence-electron chi connectivity index (χ3n) is 16.1. The SMILES string of the molecule is CCN(CC)c1ccc2cc(/C=C/c3ccc(S(=O)(=O)O)c[n+]3CCCCCC(=O)NCC3=C[C@H](c4c(OC)cc(C(C)(C)[C@H](CCCCCN=[N+]=[N-])c5ccccc5)cc4OC)[C@@H]4C[C@H]3C4(C)C)c(=O)oc2c1. The number of hydrogen-bond donors (Lipinski definition) is 2. The summed E-state index contributed by atoms with van der Waals surface area (Å²) in [6, 6.07) is 25.6. The summed E-state index contributed by atoms with van der Waals surface area (Å²) in [6.45, 7) is 16.4. The third kappa shape index (κ3) is 12.6. The molecule has 394 valence electrons. The Kier molecular flexibility index (Phi) is 18.2. The lowest BCUT2D eigenvalue weighted by atomic mass is 9.45. The molecule has 74 heavy (non-hydrogen) atoms. The van der Waals surface area contributed by atoms with E-state index in [1.54, 1.807) is 43.1 Å². The van der Waals surface area contributed by atoms with Crippen LogP contribution in [0.5, 0.6) is 11.5 Å². The molecule has 0 aliphatic heterocycles. The topological polar surface area (TPSA) is 188 Å². The number of hydrogen-bond acceptors (Lipinski definition) is 9. The molecule has 1 saturated carbocycles. The maximum Gasteiger partial charge on any atom is 0.343 e. The molecule has 4 atom stereocenters. The van der Waals surface area contributed by atoms with Gasteiger partial charge in [0.2, 0.25) is 11.6 Å². The summed E-state index contributed by atoms with van der Waals surface area (Å²) < 4.78 is 54.1. The summed E-state index contributed by atoms with van der Waals surface area (Å²) >= 11 is 0. The first-order chi connectivity index (χ1) is 35.4. The standard InChI is InChI=1S/C59H74N6O8S/c1-9-64(10-2)46-27-24-41-32-42(57(67)73-52(41)36-46)25-26-45-28-29-47(74(68,69)70)39-65(45)31-19-13-17-23-55(66)61-38-43-33-48(51-37-50(43)59(51,5)6)56-53(71-7)34-44(35-54(56)72-8)58(3,4)49(40-20-14-11-15-21-40)22-16-12-18-30-62-63-60/h11,14-15,20-21,24-29,32-36,39,48-51H,9-10,12-13,16-19,22-23,30-31,37-38H2,1-8H3,(H-,61,66,68,69,70)/p+1/t48-,49+,50+,51-/m0/s1. The van der Waals surface area contributed by atoms with E-state index >= 15 is 0 Å². The monoisotopic (exact) mass is 1030 g/mol. The van der Waals surface area contributed by atoms with Crippen LogP contribution >= 0.6 is 0 Å². The number of ether oxygens (including phenoxy) is 2. The van der Waals surface area contributed by atoms with Crippen LogP contribution in [0.4, 0.5) is 5.69 Å². The molecule has 2 N–H and O–H groups in total. The highest BCUT2D eigenvalue weighted by Crippen LogP contribution is 2.65. The molecule has 1 fully saturated rings. The smallest absolute Gasteiger partial charge is 0.343 e. The molecule has 2 heterocycles. The molecule has 1 amide bonds. The Hall–Kier alpha value is -6.41. The van der Waals surface area contributed by atoms with Crippen molar-refractivity contribution >= 4 is 44.8 Å². The summed E-state index contributed by atoms with van der Waals surface area (Å²) in [6.07, 6.45) is 14.2. The number of nitrogens with one attached hydrogen (secondary N) is 1. The molecular formula is C59H75N6O8S+. The number of aromatic nitrogens is 1. The van der Waals surface area contributed by atoms with E-state index in [1.807, 2.05) is 18.2 Å². The van der Waals surface area contributed by atoms with Crippen LogP contribution in [0.3, 0.4) is 0 Å². The van der Waals surface area contributed by atoms with Crippen LogP contribution in [0.15, 0.2) is 116 Å². The van der Waals surface area contributed by atoms with Crippen molar-refractivity contribution in [3.63, 3.8) is 0 Å². The van der Waals surface area contributed by atoms with Crippen LogP contribution in [0, 0.1) is 17.3 Å². The summed E-state index contributed by atoms with van der Waals surface area (Å²) in [5, 5.41) is 7.73. The average molecular weight is 1030 g/mol. The molecule has 2 aromatic heterocycles. The van der Waals surface area contributed by atoms with E-state index in [4.69, 9.17) is 19.4 Å². The number of pyridine rings is 1. The number of anilines is 1. The van der Waals surface area contributed by atoms with E-state index in [-0.39, 0.29) is 33.5 Å². The zero-order chi connectivity index (χ0) is 53.2. The van der Waals surface area contributed by atoms with Gasteiger partial charge < -0.3 is 24.1 Å². The Morgan fingerprint density at radius 2 is 1.69 bits per heavy atom. The Labute approximate surface area is 437 Å². The normalized spacial score (nSPS) is 17.5. The van der Waals surface area contributed by atoms with Crippen molar-refractivity contribution in [2.24, 2.45) is 22.4 Å². The van der Waals surface area contributed by atoms with Crippen molar-refractivity contribution in [2.75, 3.05) is 45.3 Å². The molecule has 15 heteroatoms. The van der Waals surface area contributed by atoms with E-state index in [1.165, 1.54) is 23.4 Å². The fourth-order valence-corrected chi connectivity index (χ4v) is 12.1. The van der Waals surface area contributed by atoms with Gasteiger partial charge in [-0.1, -0.05) is 87.6 Å². The zero-order valence-electron chi connectivity index (χ0n) is 44.5. The van der Waals surface area contributed by atoms with Crippen LogP contribution in [-0.2, 0) is 26.9 Å². The second-order valence-electron chi connectivity index (χ2n) is 21.0. The largest absolute Gasteiger partial charge is 0.496 e. The highest BCUT2D eigenvalue weighted by atomic mass is 32.2. The number of carbonyl (C=O) groups excluding carboxylic acids is 1. The Balaban J connectivity index is 1.00. The zero-order valence-corrected chi connectivity index (χ0v) is 45.3. The van der Waals surface area contributed by atoms with Crippen molar-refractivity contribution in [2.45, 2.75) is 128 Å². The van der Waals surface area contributed by atoms with Crippen molar-refractivity contribution in [3.8, 4) is 11.5 Å². The molecule has 0 spiro atoms. The Morgan fingerprint density at radius 1 is 0.973 bits per heavy atom. The van der Waals surface area contributed by atoms with E-state index in [2.05, 4.69) is 110 Å². The minimum Gasteiger partial charge on any atom is -0.496 e. The van der Waals surface area contributed by atoms with E-state index < -0.39 is 15.7 Å². The molecule has 5 aromatic rings. The molecule has 0 unspecified atom stereocenters. The molecule has 3 aliphatic rings. The summed E-state index contributed by atoms with van der Waals surface area (Å²) in [5.41, 5.74) is 15.1. The van der Waals surface area contributed by atoms with Crippen LogP contribution in [-0.4, -0.2) is 59.3 Å². The lowest BCUT2D eigenvalue weighted by Gasteiger charge is -2.59. The number of benzene rings is 3. The molecule has 2 bridgehead atoms. The Bertz CT molecular complexity index is 3040. The van der Waals surface area contributed by atoms with Gasteiger partial charge in [-0.2, -0.15) is 13.0 Å². The predicted molar refractivity (Wildman–Crippen MR) is 293 cm³/mol. The highest BCUT2D eigenvalue weighted by Gasteiger charge is 2.56. The second-order valence-corrected chi connectivity index (χ2v) is 22.5. The summed E-state index contributed by atoms with van der Waals surface area (Å²) in [7, 11) is -1.00. The number of azide groups is 1. The van der Waals surface area contributed by atoms with Crippen molar-refractivity contribution < 1.29 is 36.2 Å². The lowest BCUT2D eigenvalue weighted by molar-refractivity contribution is -0.700. The number of aryl methyl sites for hydroxylation is 1. The molecule has 3 aliphatic carbocycles. The average Bonchev–Trinajstić information content (AvgIpc) is 3.39. The van der Waals surface area contributed by atoms with E-state index in [9.17, 15) is 22.6 Å². The van der Waals surface area contributed by atoms with Gasteiger partial charge in [0, 0.05) is 84.7 Å². The first kappa shape index (κ1) is 55.3. The molecule has 14 nitrogen and oxygen atoms in total. The van der Waals surface area contributed by atoms with Gasteiger partial charge in [-0.3, -0.25) is 9.35 Å². The van der Waals surface area contributed by atoms with Crippen molar-refractivity contribution in [3.05, 3.63) is 146 Å². The number of methoxy groups -OCH3 is 2. The fraction of sp³-hybridized carbons (Fsp3) is 0.475. The maximum absolute atomic E-state index is 13.4. The van der Waals surface area contributed by atoms with Gasteiger partial charge in [-0.15, -0.1) is 0 Å². The number of unbranched alkanes of at least 4 members (excludes halogenated alkanes) is 4. The quantitative estimate of drug-likeness (QED) is 0.00794. The summed E-state index contributed by atoms with van der Waals surface area (Å²) in [4.78, 5) is 31.4. The van der Waals surface area contributed by atoms with Crippen LogP contribution < -0.4 is 29.9 Å². The van der Waals surface area contributed by atoms with Crippen LogP contribution in [0.25, 0.3) is 33.6 Å². The minimum absolute atomic E-state index is 0.000469. The number of amides is 1. The van der Waals surface area contributed by atoms with Gasteiger partial charge in [0.05, 0.1) is 19.8 Å². The van der Waals surface area contributed by atoms with Crippen molar-refractivity contribution in [1.29, 1.82) is 0 Å². The molecule has 3 aromatic carbocycles. The number of rotatable bonds is 26. The maximum atomic E-state index is 13.4. The van der Waals surface area contributed by atoms with E-state index in [0.29, 0.717) is 74.0 Å². The van der Waals surface area contributed by atoms with Gasteiger partial charge in [0.1, 0.15) is 23.6 Å². The molecule has 0 saturated heterocycles. The molecular weight excluding hydrogens is 953 g/mol. The highest BCUT2D eigenvalue weighted by molar-refractivity contribution is 7.85. The minimum atomic E-state index is -4.47. The van der Waals surface area contributed by atoms with Gasteiger partial charge in [-0.05, 0) is 134 Å². The number of carbonyl (C=O) groups is 1. The first-order valence-corrected chi connectivity index (χ1v) is 27.7.